The molecule has 0 aromatic heterocycles. The van der Waals surface area contributed by atoms with E-state index in [1.54, 1.807) is 0 Å². The van der Waals surface area contributed by atoms with Crippen LogP contribution in [-0.2, 0) is 52.2 Å². The third kappa shape index (κ3) is 51.1. The Morgan fingerprint density at radius 2 is 0.473 bits per heavy atom. The van der Waals surface area contributed by atoms with Gasteiger partial charge in [-0.05, 0) is 12.8 Å². The minimum Gasteiger partial charge on any atom is -0.463 e. The number of hydrogen-bond acceptors (Lipinski definition) is 11. The molecule has 330 valence electrons. The third-order valence-corrected chi connectivity index (χ3v) is 9.09. The molecule has 0 amide bonds. The molecule has 0 atom stereocenters. The van der Waals surface area contributed by atoms with E-state index < -0.39 is 0 Å². The average molecular weight is 793 g/mol. The first-order valence-electron chi connectivity index (χ1n) is 22.7. The highest BCUT2D eigenvalue weighted by Gasteiger charge is 2.03. The molecule has 0 rings (SSSR count). The zero-order valence-electron chi connectivity index (χ0n) is 36.0. The standard InChI is InChI=1S/C44H88O11/c1-3-5-7-9-11-12-13-14-15-16-17-18-19-20-22-24-44(45)55-43-42-54-41-40-53-39-38-52-37-36-51-35-34-50-33-32-49-31-30-48-29-28-47-27-26-46-25-23-21-10-8-6-4-2/h3-43H2,1-2H3. The van der Waals surface area contributed by atoms with Crippen molar-refractivity contribution in [1.82, 2.24) is 0 Å². The van der Waals surface area contributed by atoms with Crippen LogP contribution in [0.3, 0.4) is 0 Å². The zero-order chi connectivity index (χ0) is 39.6. The maximum Gasteiger partial charge on any atom is 0.305 e. The predicted molar refractivity (Wildman–Crippen MR) is 221 cm³/mol. The van der Waals surface area contributed by atoms with E-state index in [9.17, 15) is 4.79 Å². The highest BCUT2D eigenvalue weighted by molar-refractivity contribution is 5.69. The molecule has 0 bridgehead atoms. The highest BCUT2D eigenvalue weighted by atomic mass is 16.6. The summed E-state index contributed by atoms with van der Waals surface area (Å²) in [5, 5.41) is 0. The van der Waals surface area contributed by atoms with Crippen LogP contribution in [0.2, 0.25) is 0 Å². The molecule has 0 radical (unpaired) electrons. The Morgan fingerprint density at radius 1 is 0.255 bits per heavy atom. The van der Waals surface area contributed by atoms with Crippen molar-refractivity contribution in [2.24, 2.45) is 0 Å². The maximum absolute atomic E-state index is 11.9. The molecule has 0 spiro atoms. The smallest absolute Gasteiger partial charge is 0.305 e. The molecule has 0 aromatic rings. The predicted octanol–water partition coefficient (Wildman–Crippen LogP) is 9.30. The van der Waals surface area contributed by atoms with Crippen molar-refractivity contribution in [3.05, 3.63) is 0 Å². The maximum atomic E-state index is 11.9. The lowest BCUT2D eigenvalue weighted by Crippen LogP contribution is -2.15. The van der Waals surface area contributed by atoms with Gasteiger partial charge in [0.2, 0.25) is 0 Å². The first kappa shape index (κ1) is 54.1. The molecule has 0 aliphatic heterocycles. The quantitative estimate of drug-likeness (QED) is 0.0434. The second-order valence-electron chi connectivity index (χ2n) is 14.2. The Hall–Kier alpha value is -0.890. The summed E-state index contributed by atoms with van der Waals surface area (Å²) in [7, 11) is 0. The SMILES string of the molecule is CCCCCCCCCCCCCCCCCC(=O)OCCOCCOCCOCCOCCOCCOCCOCCOCCOCCCCCCCC. The van der Waals surface area contributed by atoms with Crippen molar-refractivity contribution in [3.8, 4) is 0 Å². The van der Waals surface area contributed by atoms with Gasteiger partial charge in [-0.1, -0.05) is 136 Å². The number of ether oxygens (including phenoxy) is 10. The lowest BCUT2D eigenvalue weighted by molar-refractivity contribution is -0.145. The van der Waals surface area contributed by atoms with Crippen LogP contribution in [0, 0.1) is 0 Å². The topological polar surface area (TPSA) is 109 Å². The van der Waals surface area contributed by atoms with Gasteiger partial charge >= 0.3 is 5.97 Å². The van der Waals surface area contributed by atoms with Gasteiger partial charge in [0.1, 0.15) is 6.61 Å². The lowest BCUT2D eigenvalue weighted by Gasteiger charge is -2.09. The fourth-order valence-corrected chi connectivity index (χ4v) is 5.77. The Bertz CT molecular complexity index is 701. The fourth-order valence-electron chi connectivity index (χ4n) is 5.77. The number of rotatable bonds is 50. The molecule has 0 fully saturated rings. The van der Waals surface area contributed by atoms with Crippen LogP contribution in [0.15, 0.2) is 0 Å². The van der Waals surface area contributed by atoms with E-state index in [0.29, 0.717) is 125 Å². The monoisotopic (exact) mass is 793 g/mol. The van der Waals surface area contributed by atoms with Gasteiger partial charge in [-0.25, -0.2) is 0 Å². The Kier molecular flexibility index (Phi) is 50.3. The van der Waals surface area contributed by atoms with E-state index in [2.05, 4.69) is 13.8 Å². The molecule has 0 aromatic carbocycles. The van der Waals surface area contributed by atoms with Gasteiger partial charge in [-0.2, -0.15) is 0 Å². The van der Waals surface area contributed by atoms with Gasteiger partial charge in [0.05, 0.1) is 112 Å². The number of esters is 1. The summed E-state index contributed by atoms with van der Waals surface area (Å²) >= 11 is 0. The Morgan fingerprint density at radius 3 is 0.764 bits per heavy atom. The van der Waals surface area contributed by atoms with E-state index in [1.807, 2.05) is 0 Å². The van der Waals surface area contributed by atoms with Crippen molar-refractivity contribution in [1.29, 1.82) is 0 Å². The third-order valence-electron chi connectivity index (χ3n) is 9.09. The summed E-state index contributed by atoms with van der Waals surface area (Å²) in [6.45, 7) is 14.5. The van der Waals surface area contributed by atoms with Gasteiger partial charge in [-0.3, -0.25) is 4.79 Å². The van der Waals surface area contributed by atoms with Crippen LogP contribution < -0.4 is 0 Å². The van der Waals surface area contributed by atoms with E-state index in [1.165, 1.54) is 116 Å². The lowest BCUT2D eigenvalue weighted by atomic mass is 10.0. The summed E-state index contributed by atoms with van der Waals surface area (Å²) in [6.07, 6.45) is 27.9. The summed E-state index contributed by atoms with van der Waals surface area (Å²) in [6, 6.07) is 0. The molecular weight excluding hydrogens is 704 g/mol. The Balaban J connectivity index is 3.12. The summed E-state index contributed by atoms with van der Waals surface area (Å²) in [5.74, 6) is -0.126. The minimum absolute atomic E-state index is 0.126. The molecule has 0 heterocycles. The molecule has 0 aliphatic rings. The van der Waals surface area contributed by atoms with E-state index in [0.717, 1.165) is 25.9 Å². The number of hydrogen-bond donors (Lipinski definition) is 0. The van der Waals surface area contributed by atoms with Gasteiger partial charge in [-0.15, -0.1) is 0 Å². The van der Waals surface area contributed by atoms with Crippen LogP contribution in [0.1, 0.15) is 155 Å². The first-order chi connectivity index (χ1) is 27.3. The molecule has 11 heteroatoms. The van der Waals surface area contributed by atoms with Crippen LogP contribution >= 0.6 is 0 Å². The fraction of sp³-hybridized carbons (Fsp3) is 0.977. The van der Waals surface area contributed by atoms with Gasteiger partial charge < -0.3 is 47.4 Å². The molecular formula is C44H88O11. The Labute approximate surface area is 338 Å². The number of carbonyl (C=O) groups is 1. The van der Waals surface area contributed by atoms with Crippen LogP contribution in [0.4, 0.5) is 0 Å². The molecule has 0 unspecified atom stereocenters. The van der Waals surface area contributed by atoms with Crippen molar-refractivity contribution >= 4 is 5.97 Å². The van der Waals surface area contributed by atoms with E-state index in [4.69, 9.17) is 47.4 Å². The molecule has 55 heavy (non-hydrogen) atoms. The molecule has 11 nitrogen and oxygen atoms in total. The van der Waals surface area contributed by atoms with Gasteiger partial charge in [0, 0.05) is 13.0 Å². The van der Waals surface area contributed by atoms with Crippen molar-refractivity contribution in [3.63, 3.8) is 0 Å². The van der Waals surface area contributed by atoms with Gasteiger partial charge in [0.15, 0.2) is 0 Å². The zero-order valence-corrected chi connectivity index (χ0v) is 36.0. The molecule has 0 N–H and O–H groups in total. The molecule has 0 aliphatic carbocycles. The molecule has 0 saturated carbocycles. The average Bonchev–Trinajstić information content (AvgIpc) is 3.19. The first-order valence-corrected chi connectivity index (χ1v) is 22.7. The van der Waals surface area contributed by atoms with Crippen molar-refractivity contribution < 1.29 is 52.2 Å². The van der Waals surface area contributed by atoms with Crippen molar-refractivity contribution in [2.75, 3.05) is 126 Å². The van der Waals surface area contributed by atoms with Crippen LogP contribution in [-0.4, -0.2) is 132 Å². The minimum atomic E-state index is -0.126. The number of carbonyl (C=O) groups excluding carboxylic acids is 1. The van der Waals surface area contributed by atoms with Crippen LogP contribution in [0.25, 0.3) is 0 Å². The number of unbranched alkanes of at least 4 members (excludes halogenated alkanes) is 19. The largest absolute Gasteiger partial charge is 0.463 e. The van der Waals surface area contributed by atoms with Crippen molar-refractivity contribution in [2.45, 2.75) is 155 Å². The summed E-state index contributed by atoms with van der Waals surface area (Å²) in [4.78, 5) is 11.9. The normalized spacial score (nSPS) is 11.5. The van der Waals surface area contributed by atoms with E-state index >= 15 is 0 Å². The van der Waals surface area contributed by atoms with Gasteiger partial charge in [0.25, 0.3) is 0 Å². The summed E-state index contributed by atoms with van der Waals surface area (Å²) < 4.78 is 54.9. The summed E-state index contributed by atoms with van der Waals surface area (Å²) in [5.41, 5.74) is 0. The highest BCUT2D eigenvalue weighted by Crippen LogP contribution is 2.14. The molecule has 0 saturated heterocycles. The van der Waals surface area contributed by atoms with E-state index in [-0.39, 0.29) is 5.97 Å². The second-order valence-corrected chi connectivity index (χ2v) is 14.2. The second kappa shape index (κ2) is 51.1. The van der Waals surface area contributed by atoms with Crippen LogP contribution in [0.5, 0.6) is 0 Å².